The smallest absolute Gasteiger partial charge is 0.220 e. The third-order valence-electron chi connectivity index (χ3n) is 2.90. The Morgan fingerprint density at radius 2 is 1.94 bits per heavy atom. The summed E-state index contributed by atoms with van der Waals surface area (Å²) < 4.78 is 12.7. The molecule has 0 spiro atoms. The van der Waals surface area contributed by atoms with Crippen LogP contribution in [0.2, 0.25) is 0 Å². The van der Waals surface area contributed by atoms with E-state index < -0.39 is 0 Å². The summed E-state index contributed by atoms with van der Waals surface area (Å²) in [5, 5.41) is 11.9. The number of rotatable bonds is 6. The van der Waals surface area contributed by atoms with Crippen LogP contribution >= 0.6 is 0 Å². The zero-order valence-corrected chi connectivity index (χ0v) is 10.8. The Morgan fingerprint density at radius 1 is 1.33 bits per heavy atom. The average Bonchev–Trinajstić information content (AvgIpc) is 2.35. The molecular formula is C14H20FNO2. The normalized spacial score (nSPS) is 12.5. The zero-order valence-electron chi connectivity index (χ0n) is 10.8. The molecule has 1 aromatic carbocycles. The van der Waals surface area contributed by atoms with Gasteiger partial charge in [-0.3, -0.25) is 4.79 Å². The van der Waals surface area contributed by atoms with E-state index in [4.69, 9.17) is 5.11 Å². The third kappa shape index (κ3) is 4.84. The summed E-state index contributed by atoms with van der Waals surface area (Å²) in [5.41, 5.74) is 0.927. The Kier molecular flexibility index (Phi) is 5.78. The fraction of sp³-hybridized carbons (Fsp3) is 0.500. The number of benzene rings is 1. The molecule has 1 rings (SSSR count). The predicted molar refractivity (Wildman–Crippen MR) is 68.6 cm³/mol. The summed E-state index contributed by atoms with van der Waals surface area (Å²) in [6.07, 6.45) is 0.914. The van der Waals surface area contributed by atoms with Gasteiger partial charge in [-0.2, -0.15) is 0 Å². The van der Waals surface area contributed by atoms with E-state index in [1.54, 1.807) is 12.1 Å². The highest BCUT2D eigenvalue weighted by molar-refractivity contribution is 5.76. The first kappa shape index (κ1) is 14.6. The number of amides is 1. The molecule has 1 unspecified atom stereocenters. The molecule has 0 bridgehead atoms. The quantitative estimate of drug-likeness (QED) is 0.813. The molecule has 1 amide bonds. The summed E-state index contributed by atoms with van der Waals surface area (Å²) in [7, 11) is 0. The Bertz CT molecular complexity index is 376. The maximum absolute atomic E-state index is 12.7. The first-order valence-corrected chi connectivity index (χ1v) is 6.17. The Morgan fingerprint density at radius 3 is 2.44 bits per heavy atom. The van der Waals surface area contributed by atoms with Gasteiger partial charge in [-0.1, -0.05) is 26.0 Å². The number of halogens is 1. The van der Waals surface area contributed by atoms with Crippen molar-refractivity contribution >= 4 is 5.91 Å². The molecule has 0 heterocycles. The molecule has 0 radical (unpaired) electrons. The topological polar surface area (TPSA) is 49.3 Å². The Balaban J connectivity index is 2.39. The lowest BCUT2D eigenvalue weighted by Crippen LogP contribution is -2.41. The maximum Gasteiger partial charge on any atom is 0.220 e. The molecule has 3 nitrogen and oxygen atoms in total. The van der Waals surface area contributed by atoms with Gasteiger partial charge in [0.2, 0.25) is 5.91 Å². The highest BCUT2D eigenvalue weighted by Gasteiger charge is 2.14. The summed E-state index contributed by atoms with van der Waals surface area (Å²) >= 11 is 0. The molecule has 0 aliphatic rings. The zero-order chi connectivity index (χ0) is 13.5. The Hall–Kier alpha value is -1.42. The fourth-order valence-corrected chi connectivity index (χ4v) is 1.61. The van der Waals surface area contributed by atoms with Crippen LogP contribution in [0.4, 0.5) is 4.39 Å². The highest BCUT2D eigenvalue weighted by atomic mass is 19.1. The second-order valence-electron chi connectivity index (χ2n) is 4.73. The van der Waals surface area contributed by atoms with E-state index >= 15 is 0 Å². The maximum atomic E-state index is 12.7. The van der Waals surface area contributed by atoms with Gasteiger partial charge in [0, 0.05) is 6.42 Å². The number of aryl methyl sites for hydroxylation is 1. The third-order valence-corrected chi connectivity index (χ3v) is 2.90. The van der Waals surface area contributed by atoms with Gasteiger partial charge < -0.3 is 10.4 Å². The number of carbonyl (C=O) groups excluding carboxylic acids is 1. The Labute approximate surface area is 107 Å². The molecular weight excluding hydrogens is 233 g/mol. The minimum Gasteiger partial charge on any atom is -0.394 e. The van der Waals surface area contributed by atoms with Crippen molar-refractivity contribution in [2.24, 2.45) is 5.92 Å². The van der Waals surface area contributed by atoms with Gasteiger partial charge in [0.05, 0.1) is 12.6 Å². The van der Waals surface area contributed by atoms with E-state index in [-0.39, 0.29) is 30.3 Å². The molecule has 0 saturated heterocycles. The molecule has 4 heteroatoms. The van der Waals surface area contributed by atoms with Crippen molar-refractivity contribution in [3.63, 3.8) is 0 Å². The van der Waals surface area contributed by atoms with Gasteiger partial charge >= 0.3 is 0 Å². The summed E-state index contributed by atoms with van der Waals surface area (Å²) in [6, 6.07) is 5.92. The van der Waals surface area contributed by atoms with Crippen molar-refractivity contribution in [2.75, 3.05) is 6.61 Å². The standard InChI is InChI=1S/C14H20FNO2/c1-10(2)13(9-17)16-14(18)8-5-11-3-6-12(15)7-4-11/h3-4,6-7,10,13,17H,5,8-9H2,1-2H3,(H,16,18). The van der Waals surface area contributed by atoms with Gasteiger partial charge in [0.25, 0.3) is 0 Å². The van der Waals surface area contributed by atoms with Crippen molar-refractivity contribution in [3.8, 4) is 0 Å². The van der Waals surface area contributed by atoms with Crippen LogP contribution in [-0.4, -0.2) is 23.7 Å². The SMILES string of the molecule is CC(C)C(CO)NC(=O)CCc1ccc(F)cc1. The number of aliphatic hydroxyl groups is 1. The highest BCUT2D eigenvalue weighted by Crippen LogP contribution is 2.06. The van der Waals surface area contributed by atoms with Crippen LogP contribution < -0.4 is 5.32 Å². The number of nitrogens with one attached hydrogen (secondary N) is 1. The molecule has 100 valence electrons. The monoisotopic (exact) mass is 253 g/mol. The van der Waals surface area contributed by atoms with E-state index in [1.807, 2.05) is 13.8 Å². The van der Waals surface area contributed by atoms with Crippen LogP contribution in [0, 0.1) is 11.7 Å². The lowest BCUT2D eigenvalue weighted by molar-refractivity contribution is -0.122. The fourth-order valence-electron chi connectivity index (χ4n) is 1.61. The number of hydrogen-bond donors (Lipinski definition) is 2. The number of hydrogen-bond acceptors (Lipinski definition) is 2. The summed E-state index contributed by atoms with van der Waals surface area (Å²) in [5.74, 6) is -0.166. The van der Waals surface area contributed by atoms with E-state index in [9.17, 15) is 9.18 Å². The van der Waals surface area contributed by atoms with E-state index in [1.165, 1.54) is 12.1 Å². The van der Waals surface area contributed by atoms with Crippen LogP contribution in [0.3, 0.4) is 0 Å². The van der Waals surface area contributed by atoms with Gasteiger partial charge in [-0.15, -0.1) is 0 Å². The first-order valence-electron chi connectivity index (χ1n) is 6.17. The second kappa shape index (κ2) is 7.11. The molecule has 2 N–H and O–H groups in total. The molecule has 0 aliphatic heterocycles. The number of carbonyl (C=O) groups is 1. The van der Waals surface area contributed by atoms with Gasteiger partial charge in [-0.25, -0.2) is 4.39 Å². The summed E-state index contributed by atoms with van der Waals surface area (Å²) in [6.45, 7) is 3.84. The van der Waals surface area contributed by atoms with Crippen LogP contribution in [0.15, 0.2) is 24.3 Å². The van der Waals surface area contributed by atoms with Crippen molar-refractivity contribution in [1.82, 2.24) is 5.32 Å². The van der Waals surface area contributed by atoms with Crippen molar-refractivity contribution in [3.05, 3.63) is 35.6 Å². The van der Waals surface area contributed by atoms with Crippen molar-refractivity contribution in [2.45, 2.75) is 32.7 Å². The van der Waals surface area contributed by atoms with Gasteiger partial charge in [-0.05, 0) is 30.0 Å². The lowest BCUT2D eigenvalue weighted by atomic mass is 10.0. The molecule has 0 aromatic heterocycles. The van der Waals surface area contributed by atoms with E-state index in [0.29, 0.717) is 12.8 Å². The van der Waals surface area contributed by atoms with Crippen LogP contribution in [0.25, 0.3) is 0 Å². The molecule has 1 aromatic rings. The molecule has 1 atom stereocenters. The predicted octanol–water partition coefficient (Wildman–Crippen LogP) is 1.89. The van der Waals surface area contributed by atoms with Crippen molar-refractivity contribution in [1.29, 1.82) is 0 Å². The number of aliphatic hydroxyl groups excluding tert-OH is 1. The van der Waals surface area contributed by atoms with Gasteiger partial charge in [0.1, 0.15) is 5.82 Å². The molecule has 0 saturated carbocycles. The molecule has 0 aliphatic carbocycles. The van der Waals surface area contributed by atoms with E-state index in [0.717, 1.165) is 5.56 Å². The van der Waals surface area contributed by atoms with Crippen molar-refractivity contribution < 1.29 is 14.3 Å². The van der Waals surface area contributed by atoms with Crippen LogP contribution in [0.5, 0.6) is 0 Å². The minimum absolute atomic E-state index is 0.0556. The van der Waals surface area contributed by atoms with E-state index in [2.05, 4.69) is 5.32 Å². The second-order valence-corrected chi connectivity index (χ2v) is 4.73. The molecule has 18 heavy (non-hydrogen) atoms. The average molecular weight is 253 g/mol. The van der Waals surface area contributed by atoms with Gasteiger partial charge in [0.15, 0.2) is 0 Å². The first-order chi connectivity index (χ1) is 8.52. The minimum atomic E-state index is -0.275. The van der Waals surface area contributed by atoms with Crippen LogP contribution in [-0.2, 0) is 11.2 Å². The lowest BCUT2D eigenvalue weighted by Gasteiger charge is -2.19. The van der Waals surface area contributed by atoms with Crippen LogP contribution in [0.1, 0.15) is 25.8 Å². The summed E-state index contributed by atoms with van der Waals surface area (Å²) in [4.78, 5) is 11.7. The largest absolute Gasteiger partial charge is 0.394 e. The molecule has 0 fully saturated rings.